The van der Waals surface area contributed by atoms with Crippen molar-refractivity contribution >= 4 is 22.3 Å². The van der Waals surface area contributed by atoms with Crippen LogP contribution in [0.5, 0.6) is 0 Å². The fourth-order valence-corrected chi connectivity index (χ4v) is 2.90. The van der Waals surface area contributed by atoms with Crippen molar-refractivity contribution < 1.29 is 27.9 Å². The van der Waals surface area contributed by atoms with Gasteiger partial charge in [0.05, 0.1) is 12.0 Å². The van der Waals surface area contributed by atoms with E-state index in [9.17, 15) is 18.0 Å². The molecule has 0 saturated carbocycles. The van der Waals surface area contributed by atoms with Gasteiger partial charge in [0.2, 0.25) is 0 Å². The average molecular weight is 294 g/mol. The van der Waals surface area contributed by atoms with Gasteiger partial charge in [0.1, 0.15) is 0 Å². The first-order valence-electron chi connectivity index (χ1n) is 5.93. The average Bonchev–Trinajstić information content (AvgIpc) is 2.27. The van der Waals surface area contributed by atoms with E-state index in [0.717, 1.165) is 4.31 Å². The van der Waals surface area contributed by atoms with E-state index in [1.807, 2.05) is 0 Å². The summed E-state index contributed by atoms with van der Waals surface area (Å²) in [7, 11) is -4.05. The molecule has 9 heteroatoms. The normalized spacial score (nSPS) is 21.1. The molecular formula is C10H18N2O6S. The number of amides is 1. The van der Waals surface area contributed by atoms with Crippen LogP contribution in [0.25, 0.3) is 0 Å². The molecule has 1 unspecified atom stereocenters. The Hall–Kier alpha value is -1.35. The predicted molar refractivity (Wildman–Crippen MR) is 65.6 cm³/mol. The SMILES string of the molecule is CC(C)OC(=O)NS(=O)(=O)N1CCCC(C(=O)O)C1. The largest absolute Gasteiger partial charge is 0.481 e. The van der Waals surface area contributed by atoms with E-state index < -0.39 is 34.3 Å². The van der Waals surface area contributed by atoms with Gasteiger partial charge >= 0.3 is 22.3 Å². The number of ether oxygens (including phenoxy) is 1. The van der Waals surface area contributed by atoms with Gasteiger partial charge in [-0.1, -0.05) is 0 Å². The van der Waals surface area contributed by atoms with Crippen LogP contribution in [-0.4, -0.2) is 49.1 Å². The summed E-state index contributed by atoms with van der Waals surface area (Å²) >= 11 is 0. The molecule has 0 spiro atoms. The second-order valence-corrected chi connectivity index (χ2v) is 6.27. The number of carboxylic acids is 1. The third-order valence-corrected chi connectivity index (χ3v) is 4.06. The maximum atomic E-state index is 11.9. The summed E-state index contributed by atoms with van der Waals surface area (Å²) < 4.78 is 31.1. The summed E-state index contributed by atoms with van der Waals surface area (Å²) in [4.78, 5) is 22.1. The lowest BCUT2D eigenvalue weighted by atomic mass is 10.0. The Morgan fingerprint density at radius 1 is 1.42 bits per heavy atom. The molecule has 0 aromatic carbocycles. The quantitative estimate of drug-likeness (QED) is 0.763. The molecule has 1 aliphatic heterocycles. The standard InChI is InChI=1S/C10H18N2O6S/c1-7(2)18-10(15)11-19(16,17)12-5-3-4-8(6-12)9(13)14/h7-8H,3-6H2,1-2H3,(H,11,15)(H,13,14). The minimum atomic E-state index is -4.05. The van der Waals surface area contributed by atoms with Crippen LogP contribution in [0.3, 0.4) is 0 Å². The number of nitrogens with one attached hydrogen (secondary N) is 1. The highest BCUT2D eigenvalue weighted by Crippen LogP contribution is 2.18. The highest BCUT2D eigenvalue weighted by molar-refractivity contribution is 7.87. The van der Waals surface area contributed by atoms with Crippen molar-refractivity contribution in [2.45, 2.75) is 32.8 Å². The van der Waals surface area contributed by atoms with Crippen LogP contribution in [0.15, 0.2) is 0 Å². The van der Waals surface area contributed by atoms with E-state index in [0.29, 0.717) is 12.8 Å². The number of piperidine rings is 1. The van der Waals surface area contributed by atoms with Gasteiger partial charge in [-0.2, -0.15) is 12.7 Å². The predicted octanol–water partition coefficient (Wildman–Crippen LogP) is 0.162. The topological polar surface area (TPSA) is 113 Å². The molecule has 0 aliphatic carbocycles. The van der Waals surface area contributed by atoms with Crippen LogP contribution in [0.4, 0.5) is 4.79 Å². The van der Waals surface area contributed by atoms with Crippen molar-refractivity contribution in [3.05, 3.63) is 0 Å². The van der Waals surface area contributed by atoms with E-state index in [1.54, 1.807) is 18.6 Å². The Kier molecular flexibility index (Phi) is 5.12. The van der Waals surface area contributed by atoms with Crippen molar-refractivity contribution in [2.75, 3.05) is 13.1 Å². The van der Waals surface area contributed by atoms with Gasteiger partial charge in [0.15, 0.2) is 0 Å². The third kappa shape index (κ3) is 4.67. The lowest BCUT2D eigenvalue weighted by Crippen LogP contribution is -2.49. The zero-order valence-corrected chi connectivity index (χ0v) is 11.6. The molecule has 0 aromatic rings. The maximum Gasteiger partial charge on any atom is 0.422 e. The second kappa shape index (κ2) is 6.20. The smallest absolute Gasteiger partial charge is 0.422 e. The molecule has 1 rings (SSSR count). The number of carbonyl (C=O) groups is 2. The Labute approximate surface area is 111 Å². The number of nitrogens with zero attached hydrogens (tertiary/aromatic N) is 1. The van der Waals surface area contributed by atoms with Crippen LogP contribution in [0.1, 0.15) is 26.7 Å². The van der Waals surface area contributed by atoms with Crippen molar-refractivity contribution in [3.8, 4) is 0 Å². The van der Waals surface area contributed by atoms with Gasteiger partial charge in [-0.05, 0) is 26.7 Å². The minimum Gasteiger partial charge on any atom is -0.481 e. The summed E-state index contributed by atoms with van der Waals surface area (Å²) in [6.07, 6.45) is -0.634. The number of aliphatic carboxylic acids is 1. The summed E-state index contributed by atoms with van der Waals surface area (Å²) in [5.74, 6) is -1.78. The summed E-state index contributed by atoms with van der Waals surface area (Å²) in [5.41, 5.74) is 0. The molecule has 1 heterocycles. The van der Waals surface area contributed by atoms with Gasteiger partial charge in [-0.25, -0.2) is 9.52 Å². The van der Waals surface area contributed by atoms with Gasteiger partial charge in [0, 0.05) is 13.1 Å². The number of hydrogen-bond donors (Lipinski definition) is 2. The third-order valence-electron chi connectivity index (χ3n) is 2.63. The molecule has 19 heavy (non-hydrogen) atoms. The molecule has 0 bridgehead atoms. The Balaban J connectivity index is 2.66. The highest BCUT2D eigenvalue weighted by atomic mass is 32.2. The van der Waals surface area contributed by atoms with E-state index in [-0.39, 0.29) is 13.1 Å². The number of carbonyl (C=O) groups excluding carboxylic acids is 1. The van der Waals surface area contributed by atoms with E-state index in [2.05, 4.69) is 4.74 Å². The molecular weight excluding hydrogens is 276 g/mol. The summed E-state index contributed by atoms with van der Waals surface area (Å²) in [6.45, 7) is 3.23. The van der Waals surface area contributed by atoms with Crippen molar-refractivity contribution in [1.29, 1.82) is 0 Å². The van der Waals surface area contributed by atoms with Crippen LogP contribution in [0.2, 0.25) is 0 Å². The first-order chi connectivity index (χ1) is 8.72. The maximum absolute atomic E-state index is 11.9. The van der Waals surface area contributed by atoms with Crippen LogP contribution >= 0.6 is 0 Å². The van der Waals surface area contributed by atoms with Crippen LogP contribution in [0, 0.1) is 5.92 Å². The Bertz CT molecular complexity index is 447. The summed E-state index contributed by atoms with van der Waals surface area (Å²) in [5, 5.41) is 8.89. The molecule has 1 fully saturated rings. The zero-order chi connectivity index (χ0) is 14.6. The number of carboxylic acid groups (broad SMARTS) is 1. The van der Waals surface area contributed by atoms with E-state index >= 15 is 0 Å². The van der Waals surface area contributed by atoms with Crippen molar-refractivity contribution in [3.63, 3.8) is 0 Å². The Morgan fingerprint density at radius 2 is 2.05 bits per heavy atom. The Morgan fingerprint density at radius 3 is 2.58 bits per heavy atom. The molecule has 0 aromatic heterocycles. The summed E-state index contributed by atoms with van der Waals surface area (Å²) in [6, 6.07) is 0. The molecule has 2 N–H and O–H groups in total. The molecule has 1 saturated heterocycles. The lowest BCUT2D eigenvalue weighted by Gasteiger charge is -2.29. The highest BCUT2D eigenvalue weighted by Gasteiger charge is 2.33. The van der Waals surface area contributed by atoms with Crippen LogP contribution < -0.4 is 4.72 Å². The van der Waals surface area contributed by atoms with Gasteiger partial charge < -0.3 is 9.84 Å². The van der Waals surface area contributed by atoms with E-state index in [4.69, 9.17) is 5.11 Å². The molecule has 1 aliphatic rings. The van der Waals surface area contributed by atoms with Crippen molar-refractivity contribution in [2.24, 2.45) is 5.92 Å². The minimum absolute atomic E-state index is 0.139. The lowest BCUT2D eigenvalue weighted by molar-refractivity contribution is -0.142. The van der Waals surface area contributed by atoms with E-state index in [1.165, 1.54) is 0 Å². The molecule has 0 radical (unpaired) electrons. The molecule has 110 valence electrons. The zero-order valence-electron chi connectivity index (χ0n) is 10.8. The van der Waals surface area contributed by atoms with Gasteiger partial charge in [0.25, 0.3) is 0 Å². The fraction of sp³-hybridized carbons (Fsp3) is 0.800. The molecule has 1 atom stereocenters. The number of hydrogen-bond acceptors (Lipinski definition) is 5. The first-order valence-corrected chi connectivity index (χ1v) is 7.37. The van der Waals surface area contributed by atoms with Crippen molar-refractivity contribution in [1.82, 2.24) is 9.03 Å². The monoisotopic (exact) mass is 294 g/mol. The van der Waals surface area contributed by atoms with Gasteiger partial charge in [-0.3, -0.25) is 4.79 Å². The van der Waals surface area contributed by atoms with Gasteiger partial charge in [-0.15, -0.1) is 0 Å². The fourth-order valence-electron chi connectivity index (χ4n) is 1.77. The van der Waals surface area contributed by atoms with Crippen LogP contribution in [-0.2, 0) is 19.7 Å². The second-order valence-electron chi connectivity index (χ2n) is 4.60. The first kappa shape index (κ1) is 15.7. The number of rotatable bonds is 4. The molecule has 1 amide bonds. The molecule has 8 nitrogen and oxygen atoms in total.